The number of nitrogens with zero attached hydrogens (tertiary/aromatic N) is 5. The quantitative estimate of drug-likeness (QED) is 0.700. The lowest BCUT2D eigenvalue weighted by Crippen LogP contribution is -2.34. The van der Waals surface area contributed by atoms with Crippen molar-refractivity contribution in [1.82, 2.24) is 24.6 Å². The van der Waals surface area contributed by atoms with Crippen molar-refractivity contribution >= 4 is 11.1 Å². The summed E-state index contributed by atoms with van der Waals surface area (Å²) in [6.07, 6.45) is 7.87. The predicted molar refractivity (Wildman–Crippen MR) is 86.9 cm³/mol. The molecule has 0 N–H and O–H groups in total. The molecule has 1 atom stereocenters. The standard InChI is InChI=1S/C17H21N5O/c1-2-7-16-15(6-1)20-17(23-16)8-4-10-21-9-3-5-14(21)11-22-13-18-12-19-22/h1-2,6-7,12-14H,3-5,8-11H2/t14-/m1/s1. The van der Waals surface area contributed by atoms with Gasteiger partial charge in [-0.3, -0.25) is 9.58 Å². The summed E-state index contributed by atoms with van der Waals surface area (Å²) < 4.78 is 7.73. The fraction of sp³-hybridized carbons (Fsp3) is 0.471. The SMILES string of the molecule is c1ccc2oc(CCCN3CCC[C@@H]3Cn3cncn3)nc2c1. The lowest BCUT2D eigenvalue weighted by atomic mass is 10.2. The first-order valence-corrected chi connectivity index (χ1v) is 8.29. The van der Waals surface area contributed by atoms with Crippen molar-refractivity contribution in [3.63, 3.8) is 0 Å². The van der Waals surface area contributed by atoms with Crippen molar-refractivity contribution in [1.29, 1.82) is 0 Å². The number of rotatable bonds is 6. The van der Waals surface area contributed by atoms with Crippen LogP contribution in [0.3, 0.4) is 0 Å². The molecule has 1 aliphatic rings. The highest BCUT2D eigenvalue weighted by Crippen LogP contribution is 2.20. The normalized spacial score (nSPS) is 18.9. The maximum Gasteiger partial charge on any atom is 0.195 e. The average molecular weight is 311 g/mol. The summed E-state index contributed by atoms with van der Waals surface area (Å²) in [6.45, 7) is 3.19. The first-order chi connectivity index (χ1) is 11.4. The highest BCUT2D eigenvalue weighted by molar-refractivity contribution is 5.72. The van der Waals surface area contributed by atoms with E-state index in [2.05, 4.69) is 20.0 Å². The molecule has 6 nitrogen and oxygen atoms in total. The van der Waals surface area contributed by atoms with E-state index < -0.39 is 0 Å². The highest BCUT2D eigenvalue weighted by Gasteiger charge is 2.24. The molecule has 1 aliphatic heterocycles. The summed E-state index contributed by atoms with van der Waals surface area (Å²) in [5.41, 5.74) is 1.83. The van der Waals surface area contributed by atoms with Crippen LogP contribution in [0.4, 0.5) is 0 Å². The van der Waals surface area contributed by atoms with E-state index in [1.54, 1.807) is 12.7 Å². The van der Waals surface area contributed by atoms with Crippen LogP contribution in [0.1, 0.15) is 25.2 Å². The van der Waals surface area contributed by atoms with Crippen molar-refractivity contribution in [2.75, 3.05) is 13.1 Å². The van der Waals surface area contributed by atoms with Crippen molar-refractivity contribution in [2.45, 2.75) is 38.3 Å². The molecule has 0 unspecified atom stereocenters. The van der Waals surface area contributed by atoms with Gasteiger partial charge in [-0.1, -0.05) is 12.1 Å². The molecule has 23 heavy (non-hydrogen) atoms. The lowest BCUT2D eigenvalue weighted by Gasteiger charge is -2.23. The number of benzene rings is 1. The van der Waals surface area contributed by atoms with E-state index in [0.717, 1.165) is 42.9 Å². The Balaban J connectivity index is 1.31. The van der Waals surface area contributed by atoms with Gasteiger partial charge in [0.2, 0.25) is 0 Å². The number of aromatic nitrogens is 4. The molecular formula is C17H21N5O. The third-order valence-corrected chi connectivity index (χ3v) is 4.54. The molecular weight excluding hydrogens is 290 g/mol. The molecule has 0 spiro atoms. The Morgan fingerprint density at radius 3 is 3.09 bits per heavy atom. The fourth-order valence-electron chi connectivity index (χ4n) is 3.40. The molecule has 6 heteroatoms. The van der Waals surface area contributed by atoms with Crippen LogP contribution in [0.15, 0.2) is 41.3 Å². The Kier molecular flexibility index (Phi) is 4.06. The van der Waals surface area contributed by atoms with Gasteiger partial charge in [0.05, 0.1) is 6.54 Å². The van der Waals surface area contributed by atoms with E-state index in [1.165, 1.54) is 19.4 Å². The number of hydrogen-bond acceptors (Lipinski definition) is 5. The van der Waals surface area contributed by atoms with Gasteiger partial charge >= 0.3 is 0 Å². The van der Waals surface area contributed by atoms with Gasteiger partial charge in [-0.15, -0.1) is 0 Å². The second-order valence-corrected chi connectivity index (χ2v) is 6.13. The van der Waals surface area contributed by atoms with Gasteiger partial charge in [0.1, 0.15) is 18.2 Å². The van der Waals surface area contributed by atoms with Gasteiger partial charge in [0.15, 0.2) is 11.5 Å². The second kappa shape index (κ2) is 6.50. The first-order valence-electron chi connectivity index (χ1n) is 8.29. The van der Waals surface area contributed by atoms with Gasteiger partial charge in [-0.05, 0) is 44.5 Å². The third-order valence-electron chi connectivity index (χ3n) is 4.54. The summed E-state index contributed by atoms with van der Waals surface area (Å²) in [6, 6.07) is 8.52. The van der Waals surface area contributed by atoms with Gasteiger partial charge in [-0.25, -0.2) is 9.97 Å². The maximum atomic E-state index is 5.79. The Morgan fingerprint density at radius 2 is 2.22 bits per heavy atom. The van der Waals surface area contributed by atoms with Crippen molar-refractivity contribution in [2.24, 2.45) is 0 Å². The van der Waals surface area contributed by atoms with E-state index in [4.69, 9.17) is 4.42 Å². The van der Waals surface area contributed by atoms with Crippen molar-refractivity contribution in [3.05, 3.63) is 42.8 Å². The minimum absolute atomic E-state index is 0.570. The van der Waals surface area contributed by atoms with E-state index in [0.29, 0.717) is 6.04 Å². The van der Waals surface area contributed by atoms with Crippen LogP contribution >= 0.6 is 0 Å². The summed E-state index contributed by atoms with van der Waals surface area (Å²) in [5.74, 6) is 0.846. The largest absolute Gasteiger partial charge is 0.441 e. The van der Waals surface area contributed by atoms with Crippen LogP contribution in [0.25, 0.3) is 11.1 Å². The molecule has 0 radical (unpaired) electrons. The molecule has 3 heterocycles. The monoisotopic (exact) mass is 311 g/mol. The molecule has 1 fully saturated rings. The Labute approximate surface area is 135 Å². The van der Waals surface area contributed by atoms with E-state index in [1.807, 2.05) is 28.9 Å². The van der Waals surface area contributed by atoms with Gasteiger partial charge in [0, 0.05) is 12.5 Å². The van der Waals surface area contributed by atoms with Crippen LogP contribution in [0.2, 0.25) is 0 Å². The van der Waals surface area contributed by atoms with Crippen LogP contribution in [-0.2, 0) is 13.0 Å². The van der Waals surface area contributed by atoms with Crippen LogP contribution in [0.5, 0.6) is 0 Å². The molecule has 4 rings (SSSR count). The summed E-state index contributed by atoms with van der Waals surface area (Å²) >= 11 is 0. The number of likely N-dealkylation sites (tertiary alicyclic amines) is 1. The zero-order chi connectivity index (χ0) is 15.5. The summed E-state index contributed by atoms with van der Waals surface area (Å²) in [4.78, 5) is 11.1. The van der Waals surface area contributed by atoms with E-state index in [9.17, 15) is 0 Å². The smallest absolute Gasteiger partial charge is 0.195 e. The van der Waals surface area contributed by atoms with Crippen LogP contribution < -0.4 is 0 Å². The lowest BCUT2D eigenvalue weighted by molar-refractivity contribution is 0.223. The van der Waals surface area contributed by atoms with Gasteiger partial charge in [0.25, 0.3) is 0 Å². The average Bonchev–Trinajstić information content (AvgIpc) is 3.29. The molecule has 0 amide bonds. The van der Waals surface area contributed by atoms with Crippen molar-refractivity contribution < 1.29 is 4.42 Å². The molecule has 0 aliphatic carbocycles. The number of para-hydroxylation sites is 2. The molecule has 1 saturated heterocycles. The molecule has 1 aromatic carbocycles. The summed E-state index contributed by atoms with van der Waals surface area (Å²) in [5, 5.41) is 4.22. The molecule has 2 aromatic heterocycles. The molecule has 120 valence electrons. The van der Waals surface area contributed by atoms with Crippen LogP contribution in [0, 0.1) is 0 Å². The highest BCUT2D eigenvalue weighted by atomic mass is 16.3. The first kappa shape index (κ1) is 14.4. The Hall–Kier alpha value is -2.21. The minimum Gasteiger partial charge on any atom is -0.441 e. The van der Waals surface area contributed by atoms with Gasteiger partial charge < -0.3 is 4.42 Å². The third kappa shape index (κ3) is 3.27. The molecule has 0 bridgehead atoms. The zero-order valence-electron chi connectivity index (χ0n) is 13.1. The Morgan fingerprint density at radius 1 is 1.26 bits per heavy atom. The van der Waals surface area contributed by atoms with E-state index in [-0.39, 0.29) is 0 Å². The number of hydrogen-bond donors (Lipinski definition) is 0. The fourth-order valence-corrected chi connectivity index (χ4v) is 3.40. The number of oxazole rings is 1. The number of fused-ring (bicyclic) bond motifs is 1. The van der Waals surface area contributed by atoms with Gasteiger partial charge in [-0.2, -0.15) is 5.10 Å². The zero-order valence-corrected chi connectivity index (χ0v) is 13.1. The minimum atomic E-state index is 0.570. The predicted octanol–water partition coefficient (Wildman–Crippen LogP) is 2.52. The van der Waals surface area contributed by atoms with E-state index >= 15 is 0 Å². The topological polar surface area (TPSA) is 60.0 Å². The number of aryl methyl sites for hydroxylation is 1. The second-order valence-electron chi connectivity index (χ2n) is 6.13. The summed E-state index contributed by atoms with van der Waals surface area (Å²) in [7, 11) is 0. The molecule has 0 saturated carbocycles. The maximum absolute atomic E-state index is 5.79. The Bertz CT molecular complexity index is 718. The van der Waals surface area contributed by atoms with Crippen LogP contribution in [-0.4, -0.2) is 43.8 Å². The molecule has 3 aromatic rings. The van der Waals surface area contributed by atoms with Crippen molar-refractivity contribution in [3.8, 4) is 0 Å².